The Kier molecular flexibility index (Phi) is 5.12. The van der Waals surface area contributed by atoms with Crippen LogP contribution >= 0.6 is 11.3 Å². The van der Waals surface area contributed by atoms with Crippen LogP contribution in [0.2, 0.25) is 0 Å². The maximum absolute atomic E-state index is 12.6. The van der Waals surface area contributed by atoms with E-state index in [9.17, 15) is 9.59 Å². The van der Waals surface area contributed by atoms with Gasteiger partial charge >= 0.3 is 0 Å². The molecule has 1 saturated heterocycles. The molecule has 154 valence electrons. The van der Waals surface area contributed by atoms with Gasteiger partial charge in [-0.05, 0) is 36.6 Å². The summed E-state index contributed by atoms with van der Waals surface area (Å²) in [4.78, 5) is 33.8. The fourth-order valence-electron chi connectivity index (χ4n) is 4.30. The molecule has 2 aliphatic rings. The standard InChI is InChI=1S/C23H24N4O2S/c28-21(11-13-26-14-16-6-1-2-8-18(16)22(26)29)24-17-7-5-12-27(15-17)23-25-19-9-3-4-10-20(19)30-23/h1-4,6,8-10,17H,5,7,11-15H2,(H,24,28). The van der Waals surface area contributed by atoms with Crippen LogP contribution in [0, 0.1) is 0 Å². The zero-order chi connectivity index (χ0) is 20.5. The summed E-state index contributed by atoms with van der Waals surface area (Å²) in [6.45, 7) is 2.79. The van der Waals surface area contributed by atoms with Crippen LogP contribution in [0.1, 0.15) is 35.2 Å². The number of nitrogens with zero attached hydrogens (tertiary/aromatic N) is 3. The highest BCUT2D eigenvalue weighted by Crippen LogP contribution is 2.30. The fourth-order valence-corrected chi connectivity index (χ4v) is 5.30. The van der Waals surface area contributed by atoms with E-state index < -0.39 is 0 Å². The number of para-hydroxylation sites is 1. The van der Waals surface area contributed by atoms with Crippen LogP contribution in [-0.2, 0) is 11.3 Å². The maximum Gasteiger partial charge on any atom is 0.254 e. The molecule has 0 saturated carbocycles. The summed E-state index contributed by atoms with van der Waals surface area (Å²) in [5.41, 5.74) is 2.83. The summed E-state index contributed by atoms with van der Waals surface area (Å²) in [6.07, 6.45) is 2.33. The Morgan fingerprint density at radius 1 is 1.17 bits per heavy atom. The molecule has 1 atom stereocenters. The molecule has 2 amide bonds. The van der Waals surface area contributed by atoms with Crippen molar-refractivity contribution in [1.82, 2.24) is 15.2 Å². The first-order chi connectivity index (χ1) is 14.7. The molecular formula is C23H24N4O2S. The van der Waals surface area contributed by atoms with E-state index >= 15 is 0 Å². The zero-order valence-corrected chi connectivity index (χ0v) is 17.5. The van der Waals surface area contributed by atoms with Crippen LogP contribution in [0.15, 0.2) is 48.5 Å². The number of hydrogen-bond donors (Lipinski definition) is 1. The molecule has 0 aliphatic carbocycles. The van der Waals surface area contributed by atoms with Crippen LogP contribution in [0.4, 0.5) is 5.13 Å². The minimum atomic E-state index is 0.00917. The monoisotopic (exact) mass is 420 g/mol. The first-order valence-corrected chi connectivity index (χ1v) is 11.3. The first kappa shape index (κ1) is 19.1. The molecule has 1 unspecified atom stereocenters. The third kappa shape index (κ3) is 3.77. The Balaban J connectivity index is 1.15. The highest BCUT2D eigenvalue weighted by Gasteiger charge is 2.28. The number of nitrogens with one attached hydrogen (secondary N) is 1. The van der Waals surface area contributed by atoms with E-state index in [1.165, 1.54) is 4.70 Å². The van der Waals surface area contributed by atoms with E-state index in [1.54, 1.807) is 16.2 Å². The Bertz CT molecular complexity index is 1060. The highest BCUT2D eigenvalue weighted by molar-refractivity contribution is 7.22. The van der Waals surface area contributed by atoms with Gasteiger partial charge in [-0.3, -0.25) is 9.59 Å². The molecule has 1 N–H and O–H groups in total. The van der Waals surface area contributed by atoms with Crippen LogP contribution in [0.5, 0.6) is 0 Å². The van der Waals surface area contributed by atoms with Gasteiger partial charge in [0, 0.05) is 44.2 Å². The lowest BCUT2D eigenvalue weighted by Gasteiger charge is -2.33. The molecule has 2 aliphatic heterocycles. The molecule has 2 aromatic carbocycles. The highest BCUT2D eigenvalue weighted by atomic mass is 32.1. The van der Waals surface area contributed by atoms with Gasteiger partial charge in [0.25, 0.3) is 5.91 Å². The average molecular weight is 421 g/mol. The van der Waals surface area contributed by atoms with Gasteiger partial charge in [-0.1, -0.05) is 41.7 Å². The van der Waals surface area contributed by atoms with Crippen molar-refractivity contribution < 1.29 is 9.59 Å². The number of piperidine rings is 1. The smallest absolute Gasteiger partial charge is 0.254 e. The van der Waals surface area contributed by atoms with Crippen molar-refractivity contribution in [2.45, 2.75) is 31.8 Å². The minimum Gasteiger partial charge on any atom is -0.352 e. The lowest BCUT2D eigenvalue weighted by molar-refractivity contribution is -0.122. The predicted molar refractivity (Wildman–Crippen MR) is 119 cm³/mol. The fraction of sp³-hybridized carbons (Fsp3) is 0.348. The van der Waals surface area contributed by atoms with Crippen molar-refractivity contribution in [3.63, 3.8) is 0 Å². The Morgan fingerprint density at radius 2 is 2.00 bits per heavy atom. The summed E-state index contributed by atoms with van der Waals surface area (Å²) in [5, 5.41) is 4.19. The van der Waals surface area contributed by atoms with E-state index in [-0.39, 0.29) is 17.9 Å². The maximum atomic E-state index is 12.6. The average Bonchev–Trinajstić information content (AvgIpc) is 3.34. The first-order valence-electron chi connectivity index (χ1n) is 10.4. The zero-order valence-electron chi connectivity index (χ0n) is 16.7. The van der Waals surface area contributed by atoms with Crippen molar-refractivity contribution >= 4 is 38.5 Å². The SMILES string of the molecule is O=C(CCN1Cc2ccccc2C1=O)NC1CCCN(c2nc3ccccc3s2)C1. The van der Waals surface area contributed by atoms with Crippen molar-refractivity contribution in [2.24, 2.45) is 0 Å². The second kappa shape index (κ2) is 8.07. The number of carbonyl (C=O) groups excluding carboxylic acids is 2. The number of rotatable bonds is 5. The second-order valence-corrected chi connectivity index (χ2v) is 8.96. The van der Waals surface area contributed by atoms with Crippen LogP contribution in [-0.4, -0.2) is 47.4 Å². The lowest BCUT2D eigenvalue weighted by Crippen LogP contribution is -2.48. The molecule has 0 spiro atoms. The number of anilines is 1. The number of fused-ring (bicyclic) bond motifs is 2. The van der Waals surface area contributed by atoms with E-state index in [1.807, 2.05) is 42.5 Å². The van der Waals surface area contributed by atoms with Crippen LogP contribution in [0.3, 0.4) is 0 Å². The minimum absolute atomic E-state index is 0.00917. The number of hydrogen-bond acceptors (Lipinski definition) is 5. The van der Waals surface area contributed by atoms with Crippen LogP contribution < -0.4 is 10.2 Å². The Morgan fingerprint density at radius 3 is 2.87 bits per heavy atom. The van der Waals surface area contributed by atoms with Crippen molar-refractivity contribution in [3.05, 3.63) is 59.7 Å². The predicted octanol–water partition coefficient (Wildman–Crippen LogP) is 3.43. The van der Waals surface area contributed by atoms with Gasteiger partial charge in [0.1, 0.15) is 0 Å². The topological polar surface area (TPSA) is 65.5 Å². The van der Waals surface area contributed by atoms with Crippen LogP contribution in [0.25, 0.3) is 10.2 Å². The van der Waals surface area contributed by atoms with Gasteiger partial charge in [-0.25, -0.2) is 4.98 Å². The van der Waals surface area contributed by atoms with Crippen molar-refractivity contribution in [3.8, 4) is 0 Å². The summed E-state index contributed by atoms with van der Waals surface area (Å²) in [7, 11) is 0. The van der Waals surface area contributed by atoms with E-state index in [0.717, 1.165) is 47.7 Å². The molecule has 1 aromatic heterocycles. The van der Waals surface area contributed by atoms with Gasteiger partial charge < -0.3 is 15.1 Å². The number of benzene rings is 2. The molecule has 3 heterocycles. The molecule has 30 heavy (non-hydrogen) atoms. The lowest BCUT2D eigenvalue weighted by atomic mass is 10.1. The largest absolute Gasteiger partial charge is 0.352 e. The molecule has 5 rings (SSSR count). The summed E-state index contributed by atoms with van der Waals surface area (Å²) in [5.74, 6) is 0.0352. The third-order valence-corrected chi connectivity index (χ3v) is 6.94. The summed E-state index contributed by atoms with van der Waals surface area (Å²) in [6, 6.07) is 16.0. The number of amides is 2. The second-order valence-electron chi connectivity index (χ2n) is 7.95. The van der Waals surface area contributed by atoms with Gasteiger partial charge in [0.2, 0.25) is 5.91 Å². The van der Waals surface area contributed by atoms with Gasteiger partial charge in [0.15, 0.2) is 5.13 Å². The van der Waals surface area contributed by atoms with Crippen molar-refractivity contribution in [1.29, 1.82) is 0 Å². The van der Waals surface area contributed by atoms with E-state index in [4.69, 9.17) is 4.98 Å². The molecule has 7 heteroatoms. The normalized spacial score (nSPS) is 18.7. The van der Waals surface area contributed by atoms with E-state index in [2.05, 4.69) is 16.3 Å². The number of thiazole rings is 1. The Labute approximate surface area is 179 Å². The molecule has 1 fully saturated rings. The van der Waals surface area contributed by atoms with Gasteiger partial charge in [-0.15, -0.1) is 0 Å². The van der Waals surface area contributed by atoms with Crippen molar-refractivity contribution in [2.75, 3.05) is 24.5 Å². The molecule has 6 nitrogen and oxygen atoms in total. The molecule has 0 bridgehead atoms. The van der Waals surface area contributed by atoms with Gasteiger partial charge in [-0.2, -0.15) is 0 Å². The van der Waals surface area contributed by atoms with E-state index in [0.29, 0.717) is 19.5 Å². The quantitative estimate of drug-likeness (QED) is 0.687. The summed E-state index contributed by atoms with van der Waals surface area (Å²) >= 11 is 1.70. The number of aromatic nitrogens is 1. The molecular weight excluding hydrogens is 396 g/mol. The molecule has 3 aromatic rings. The number of carbonyl (C=O) groups is 2. The third-order valence-electron chi connectivity index (χ3n) is 5.84. The van der Waals surface area contributed by atoms with Gasteiger partial charge in [0.05, 0.1) is 10.2 Å². The summed E-state index contributed by atoms with van der Waals surface area (Å²) < 4.78 is 1.19. The molecule has 0 radical (unpaired) electrons. The Hall–Kier alpha value is -2.93.